The molecule has 2 aliphatic carbocycles. The summed E-state index contributed by atoms with van der Waals surface area (Å²) >= 11 is 0. The highest BCUT2D eigenvalue weighted by Gasteiger charge is 2.45. The second kappa shape index (κ2) is 16.8. The van der Waals surface area contributed by atoms with Crippen molar-refractivity contribution in [3.8, 4) is 0 Å². The Morgan fingerprint density at radius 3 is 1.72 bits per heavy atom. The Hall–Kier alpha value is -2.36. The number of aliphatic hydroxyl groups is 2. The number of amides is 2. The van der Waals surface area contributed by atoms with E-state index in [9.17, 15) is 14.7 Å². The zero-order valence-corrected chi connectivity index (χ0v) is 29.9. The second-order valence-corrected chi connectivity index (χ2v) is 16.3. The summed E-state index contributed by atoms with van der Waals surface area (Å²) in [5, 5.41) is 19.2. The number of aliphatic hydroxyl groups excluding tert-OH is 2. The fourth-order valence-corrected chi connectivity index (χ4v) is 7.44. The summed E-state index contributed by atoms with van der Waals surface area (Å²) in [4.78, 5) is 27.8. The largest absolute Gasteiger partial charge is 0.444 e. The molecule has 2 aliphatic heterocycles. The van der Waals surface area contributed by atoms with Crippen LogP contribution in [0, 0.1) is 35.5 Å². The third-order valence-corrected chi connectivity index (χ3v) is 10.0. The first-order chi connectivity index (χ1) is 22.2. The summed E-state index contributed by atoms with van der Waals surface area (Å²) in [5.41, 5.74) is 0.293. The van der Waals surface area contributed by atoms with Crippen molar-refractivity contribution >= 4 is 12.2 Å². The van der Waals surface area contributed by atoms with E-state index >= 15 is 0 Å². The highest BCUT2D eigenvalue weighted by atomic mass is 16.6. The molecule has 4 aliphatic rings. The maximum atomic E-state index is 12.2. The van der Waals surface area contributed by atoms with E-state index in [4.69, 9.17) is 19.3 Å². The average molecular weight is 659 g/mol. The van der Waals surface area contributed by atoms with Crippen molar-refractivity contribution in [2.45, 2.75) is 117 Å². The van der Waals surface area contributed by atoms with Crippen molar-refractivity contribution in [2.75, 3.05) is 39.4 Å². The van der Waals surface area contributed by atoms with Gasteiger partial charge in [0, 0.05) is 32.8 Å². The van der Waals surface area contributed by atoms with Crippen LogP contribution in [0.1, 0.15) is 98.5 Å². The molecule has 0 spiro atoms. The summed E-state index contributed by atoms with van der Waals surface area (Å²) < 4.78 is 16.5. The number of nitrogens with zero attached hydrogens (tertiary/aromatic N) is 2. The van der Waals surface area contributed by atoms with Crippen LogP contribution in [-0.4, -0.2) is 88.9 Å². The van der Waals surface area contributed by atoms with Crippen LogP contribution in [0.4, 0.5) is 9.59 Å². The van der Waals surface area contributed by atoms with Gasteiger partial charge in [0.1, 0.15) is 11.2 Å². The lowest BCUT2D eigenvalue weighted by atomic mass is 9.90. The highest BCUT2D eigenvalue weighted by Crippen LogP contribution is 2.51. The lowest BCUT2D eigenvalue weighted by molar-refractivity contribution is 0.0150. The molecule has 9 heteroatoms. The number of rotatable bonds is 10. The van der Waals surface area contributed by atoms with Gasteiger partial charge in [-0.3, -0.25) is 0 Å². The molecule has 4 fully saturated rings. The lowest BCUT2D eigenvalue weighted by Crippen LogP contribution is -2.42. The molecule has 1 aromatic rings. The van der Waals surface area contributed by atoms with Crippen LogP contribution >= 0.6 is 0 Å². The van der Waals surface area contributed by atoms with Crippen LogP contribution in [0.15, 0.2) is 30.3 Å². The number of ether oxygens (including phenoxy) is 3. The fraction of sp³-hybridized carbons (Fsp3) is 0.789. The van der Waals surface area contributed by atoms with E-state index in [0.29, 0.717) is 37.6 Å². The van der Waals surface area contributed by atoms with Gasteiger partial charge in [-0.15, -0.1) is 0 Å². The minimum absolute atomic E-state index is 0.173. The predicted octanol–water partition coefficient (Wildman–Crippen LogP) is 6.89. The monoisotopic (exact) mass is 658 g/mol. The molecule has 2 heterocycles. The minimum Gasteiger partial charge on any atom is -0.444 e. The molecule has 2 saturated carbocycles. The number of piperidine rings is 2. The lowest BCUT2D eigenvalue weighted by Gasteiger charge is -2.33. The van der Waals surface area contributed by atoms with Gasteiger partial charge in [-0.2, -0.15) is 0 Å². The Morgan fingerprint density at radius 1 is 0.787 bits per heavy atom. The molecule has 0 bridgehead atoms. The van der Waals surface area contributed by atoms with E-state index in [0.717, 1.165) is 88.0 Å². The first kappa shape index (κ1) is 37.5. The van der Waals surface area contributed by atoms with Crippen LogP contribution < -0.4 is 0 Å². The van der Waals surface area contributed by atoms with Crippen LogP contribution in [0.3, 0.4) is 0 Å². The molecule has 1 aromatic carbocycles. The second-order valence-electron chi connectivity index (χ2n) is 16.3. The van der Waals surface area contributed by atoms with E-state index in [1.807, 2.05) is 81.7 Å². The number of carbonyl (C=O) groups is 2. The van der Waals surface area contributed by atoms with E-state index in [2.05, 4.69) is 0 Å². The first-order valence-corrected chi connectivity index (χ1v) is 18.1. The third kappa shape index (κ3) is 12.9. The summed E-state index contributed by atoms with van der Waals surface area (Å²) in [5.74, 6) is 4.25. The summed E-state index contributed by atoms with van der Waals surface area (Å²) in [6.07, 6.45) is 7.77. The van der Waals surface area contributed by atoms with Crippen LogP contribution in [-0.2, 0) is 20.8 Å². The normalized spacial score (nSPS) is 25.8. The standard InChI is InChI=1S/C23H35NO4.C15H27NO3/c1-23(2,3)28-22(26)24-11-9-18(10-12-24)21-14-19(21)13-20(25)16-27-15-17-7-5-4-6-8-17;1-15(2,3)19-14(18)16-7-4-11(5-8-16)13-10-12(13)6-9-17/h4-8,18-21,25H,9-16H2,1-3H3;11-13,17H,4-10H2,1-3H3/t19-,20-,21?;12-,13?/m11/s1. The van der Waals surface area contributed by atoms with E-state index in [1.54, 1.807) is 0 Å². The van der Waals surface area contributed by atoms with Crippen molar-refractivity contribution < 1.29 is 34.0 Å². The van der Waals surface area contributed by atoms with Gasteiger partial charge in [0.05, 0.1) is 19.3 Å². The number of likely N-dealkylation sites (tertiary alicyclic amines) is 2. The van der Waals surface area contributed by atoms with Crippen LogP contribution in [0.25, 0.3) is 0 Å². The molecule has 2 amide bonds. The van der Waals surface area contributed by atoms with Crippen molar-refractivity contribution in [2.24, 2.45) is 35.5 Å². The number of hydrogen-bond acceptors (Lipinski definition) is 7. The molecule has 47 heavy (non-hydrogen) atoms. The smallest absolute Gasteiger partial charge is 0.410 e. The molecule has 266 valence electrons. The van der Waals surface area contributed by atoms with Crippen molar-refractivity contribution in [1.82, 2.24) is 9.80 Å². The van der Waals surface area contributed by atoms with E-state index in [1.165, 1.54) is 12.8 Å². The minimum atomic E-state index is -0.436. The Labute approximate surface area is 283 Å². The SMILES string of the molecule is CC(C)(C)OC(=O)N1CCC(C2C[C@H]2CCO)CC1.CC(C)(C)OC(=O)N1CCC(C2C[C@H]2C[C@@H](O)COCc2ccccc2)CC1. The summed E-state index contributed by atoms with van der Waals surface area (Å²) in [7, 11) is 0. The quantitative estimate of drug-likeness (QED) is 0.282. The van der Waals surface area contributed by atoms with Gasteiger partial charge >= 0.3 is 12.2 Å². The van der Waals surface area contributed by atoms with Crippen molar-refractivity contribution in [1.29, 1.82) is 0 Å². The number of hydrogen-bond donors (Lipinski definition) is 2. The molecule has 2 saturated heterocycles. The Kier molecular flexibility index (Phi) is 13.4. The van der Waals surface area contributed by atoms with Gasteiger partial charge in [0.2, 0.25) is 0 Å². The Balaban J connectivity index is 0.000000229. The number of carbonyl (C=O) groups excluding carboxylic acids is 2. The van der Waals surface area contributed by atoms with Crippen LogP contribution in [0.2, 0.25) is 0 Å². The van der Waals surface area contributed by atoms with Gasteiger partial charge in [-0.05, 0) is 134 Å². The molecular formula is C38H62N2O7. The van der Waals surface area contributed by atoms with Crippen molar-refractivity contribution in [3.63, 3.8) is 0 Å². The van der Waals surface area contributed by atoms with Crippen molar-refractivity contribution in [3.05, 3.63) is 35.9 Å². The Morgan fingerprint density at radius 2 is 1.26 bits per heavy atom. The van der Waals surface area contributed by atoms with E-state index < -0.39 is 11.2 Å². The van der Waals surface area contributed by atoms with Gasteiger partial charge in [0.15, 0.2) is 0 Å². The highest BCUT2D eigenvalue weighted by molar-refractivity contribution is 5.68. The zero-order chi connectivity index (χ0) is 34.2. The van der Waals surface area contributed by atoms with Gasteiger partial charge in [-0.25, -0.2) is 9.59 Å². The molecule has 0 radical (unpaired) electrons. The fourth-order valence-electron chi connectivity index (χ4n) is 7.44. The molecule has 5 rings (SSSR count). The van der Waals surface area contributed by atoms with Gasteiger partial charge in [0.25, 0.3) is 0 Å². The zero-order valence-electron chi connectivity index (χ0n) is 29.9. The molecule has 0 aromatic heterocycles. The number of benzene rings is 1. The third-order valence-electron chi connectivity index (χ3n) is 10.0. The van der Waals surface area contributed by atoms with Crippen LogP contribution in [0.5, 0.6) is 0 Å². The molecule has 9 nitrogen and oxygen atoms in total. The van der Waals surface area contributed by atoms with Gasteiger partial charge in [-0.1, -0.05) is 30.3 Å². The van der Waals surface area contributed by atoms with Gasteiger partial charge < -0.3 is 34.2 Å². The molecule has 2 N–H and O–H groups in total. The summed E-state index contributed by atoms with van der Waals surface area (Å²) in [6, 6.07) is 10.1. The first-order valence-electron chi connectivity index (χ1n) is 18.1. The maximum Gasteiger partial charge on any atom is 0.410 e. The average Bonchev–Trinajstić information content (AvgIpc) is 3.94. The van der Waals surface area contributed by atoms with E-state index in [-0.39, 0.29) is 18.3 Å². The summed E-state index contributed by atoms with van der Waals surface area (Å²) in [6.45, 7) is 15.9. The topological polar surface area (TPSA) is 109 Å². The molecule has 2 unspecified atom stereocenters. The molecule has 5 atom stereocenters. The molecular weight excluding hydrogens is 596 g/mol. The predicted molar refractivity (Wildman–Crippen MR) is 183 cm³/mol. The Bertz CT molecular complexity index is 1100. The maximum absolute atomic E-state index is 12.2.